The number of benzene rings is 1. The smallest absolute Gasteiger partial charge is 0.255 e. The fraction of sp³-hybridized carbons (Fsp3) is 0.550. The van der Waals surface area contributed by atoms with E-state index in [1.807, 2.05) is 12.1 Å². The topological polar surface area (TPSA) is 90.5 Å². The minimum absolute atomic E-state index is 0.109. The number of imide groups is 1. The van der Waals surface area contributed by atoms with E-state index in [-0.39, 0.29) is 24.1 Å². The Morgan fingerprint density at radius 1 is 1.22 bits per heavy atom. The number of nitrogens with one attached hydrogen (secondary N) is 3. The van der Waals surface area contributed by atoms with E-state index in [1.54, 1.807) is 4.90 Å². The Balaban J connectivity index is 1.22. The summed E-state index contributed by atoms with van der Waals surface area (Å²) in [6, 6.07) is 6.20. The van der Waals surface area contributed by atoms with Crippen LogP contribution in [0.3, 0.4) is 0 Å². The number of amides is 3. The molecule has 1 aliphatic carbocycles. The average molecular weight is 368 g/mol. The number of hydrogen-bond donors (Lipinski definition) is 3. The zero-order chi connectivity index (χ0) is 18.5. The molecule has 27 heavy (non-hydrogen) atoms. The van der Waals surface area contributed by atoms with Gasteiger partial charge in [0.25, 0.3) is 5.91 Å². The first kappa shape index (κ1) is 16.9. The Morgan fingerprint density at radius 3 is 2.85 bits per heavy atom. The summed E-state index contributed by atoms with van der Waals surface area (Å²) in [4.78, 5) is 37.9. The molecule has 1 saturated carbocycles. The fourth-order valence-corrected chi connectivity index (χ4v) is 4.76. The molecule has 0 aromatic heterocycles. The van der Waals surface area contributed by atoms with Crippen LogP contribution in [0.5, 0.6) is 0 Å². The lowest BCUT2D eigenvalue weighted by atomic mass is 10.0. The largest absolute Gasteiger partial charge is 0.322 e. The Kier molecular flexibility index (Phi) is 4.02. The maximum Gasteiger partial charge on any atom is 0.255 e. The molecule has 1 aromatic carbocycles. The lowest BCUT2D eigenvalue weighted by Gasteiger charge is -2.29. The molecule has 1 aromatic rings. The van der Waals surface area contributed by atoms with E-state index < -0.39 is 6.04 Å². The molecule has 3 fully saturated rings. The molecule has 4 unspecified atom stereocenters. The molecule has 0 radical (unpaired) electrons. The molecule has 4 aliphatic rings. The first-order valence-electron chi connectivity index (χ1n) is 9.81. The highest BCUT2D eigenvalue weighted by Gasteiger charge is 2.47. The highest BCUT2D eigenvalue weighted by molar-refractivity contribution is 6.05. The lowest BCUT2D eigenvalue weighted by Crippen LogP contribution is -2.52. The van der Waals surface area contributed by atoms with Crippen LogP contribution in [0.1, 0.15) is 40.7 Å². The maximum atomic E-state index is 12.8. The second-order valence-electron chi connectivity index (χ2n) is 8.20. The molecule has 0 bridgehead atoms. The second-order valence-corrected chi connectivity index (χ2v) is 8.20. The van der Waals surface area contributed by atoms with Crippen molar-refractivity contribution >= 4 is 17.7 Å². The van der Waals surface area contributed by atoms with Crippen LogP contribution >= 0.6 is 0 Å². The molecule has 142 valence electrons. The molecule has 4 atom stereocenters. The highest BCUT2D eigenvalue weighted by atomic mass is 16.2. The number of hydrogen-bond acceptors (Lipinski definition) is 5. The van der Waals surface area contributed by atoms with Crippen molar-refractivity contribution in [3.63, 3.8) is 0 Å². The molecule has 0 spiro atoms. The van der Waals surface area contributed by atoms with Gasteiger partial charge in [0.05, 0.1) is 0 Å². The van der Waals surface area contributed by atoms with Crippen LogP contribution in [0.2, 0.25) is 0 Å². The third kappa shape index (κ3) is 3.04. The molecule has 3 heterocycles. The predicted molar refractivity (Wildman–Crippen MR) is 97.6 cm³/mol. The van der Waals surface area contributed by atoms with Gasteiger partial charge in [-0.1, -0.05) is 12.1 Å². The van der Waals surface area contributed by atoms with Gasteiger partial charge < -0.3 is 15.5 Å². The molecular weight excluding hydrogens is 344 g/mol. The van der Waals surface area contributed by atoms with E-state index in [2.05, 4.69) is 22.0 Å². The van der Waals surface area contributed by atoms with E-state index >= 15 is 0 Å². The summed E-state index contributed by atoms with van der Waals surface area (Å²) < 4.78 is 0. The van der Waals surface area contributed by atoms with E-state index in [9.17, 15) is 14.4 Å². The Hall–Kier alpha value is -2.25. The predicted octanol–water partition coefficient (Wildman–Crippen LogP) is 0.145. The van der Waals surface area contributed by atoms with Gasteiger partial charge in [-0.25, -0.2) is 0 Å². The number of piperidine rings is 2. The zero-order valence-electron chi connectivity index (χ0n) is 15.2. The molecule has 3 aliphatic heterocycles. The summed E-state index contributed by atoms with van der Waals surface area (Å²) in [5.74, 6) is 0.832. The van der Waals surface area contributed by atoms with E-state index in [0.29, 0.717) is 24.4 Å². The second kappa shape index (κ2) is 6.42. The maximum absolute atomic E-state index is 12.8. The number of nitrogens with zero attached hydrogens (tertiary/aromatic N) is 1. The van der Waals surface area contributed by atoms with E-state index in [4.69, 9.17) is 0 Å². The monoisotopic (exact) mass is 368 g/mol. The van der Waals surface area contributed by atoms with Gasteiger partial charge in [-0.3, -0.25) is 19.7 Å². The van der Waals surface area contributed by atoms with Gasteiger partial charge >= 0.3 is 0 Å². The van der Waals surface area contributed by atoms with Crippen LogP contribution in [-0.4, -0.2) is 47.8 Å². The van der Waals surface area contributed by atoms with Gasteiger partial charge in [0.2, 0.25) is 11.8 Å². The SMILES string of the molecule is O=C1CCC(N2Cc3ccc(CNCC4CNC5CC45)cc3C2=O)C(=O)N1. The van der Waals surface area contributed by atoms with Crippen LogP contribution < -0.4 is 16.0 Å². The van der Waals surface area contributed by atoms with Crippen molar-refractivity contribution < 1.29 is 14.4 Å². The molecule has 7 nitrogen and oxygen atoms in total. The summed E-state index contributed by atoms with van der Waals surface area (Å²) in [5.41, 5.74) is 2.73. The lowest BCUT2D eigenvalue weighted by molar-refractivity contribution is -0.136. The van der Waals surface area contributed by atoms with Crippen molar-refractivity contribution in [1.29, 1.82) is 0 Å². The van der Waals surface area contributed by atoms with Crippen molar-refractivity contribution in [2.24, 2.45) is 11.8 Å². The van der Waals surface area contributed by atoms with Crippen molar-refractivity contribution in [3.8, 4) is 0 Å². The molecule has 5 rings (SSSR count). The standard InChI is InChI=1S/C20H24N4O3/c25-18-4-3-17(19(26)23-18)24-10-12-2-1-11(5-15(12)20(24)27)7-21-8-13-9-22-16-6-14(13)16/h1-2,5,13-14,16-17,21-22H,3-4,6-10H2,(H,23,25,26). The van der Waals surface area contributed by atoms with Crippen LogP contribution in [0, 0.1) is 11.8 Å². The van der Waals surface area contributed by atoms with Crippen molar-refractivity contribution in [3.05, 3.63) is 34.9 Å². The highest BCUT2D eigenvalue weighted by Crippen LogP contribution is 2.41. The third-order valence-electron chi connectivity index (χ3n) is 6.42. The Morgan fingerprint density at radius 2 is 2.11 bits per heavy atom. The van der Waals surface area contributed by atoms with Crippen LogP contribution in [-0.2, 0) is 22.7 Å². The fourth-order valence-electron chi connectivity index (χ4n) is 4.76. The minimum Gasteiger partial charge on any atom is -0.322 e. The van der Waals surface area contributed by atoms with Crippen LogP contribution in [0.25, 0.3) is 0 Å². The van der Waals surface area contributed by atoms with Crippen molar-refractivity contribution in [2.75, 3.05) is 13.1 Å². The van der Waals surface area contributed by atoms with Gasteiger partial charge in [-0.15, -0.1) is 0 Å². The summed E-state index contributed by atoms with van der Waals surface area (Å²) >= 11 is 0. The van der Waals surface area contributed by atoms with Gasteiger partial charge in [-0.2, -0.15) is 0 Å². The molecule has 2 saturated heterocycles. The number of rotatable bonds is 5. The molecule has 3 amide bonds. The first-order valence-corrected chi connectivity index (χ1v) is 9.81. The van der Waals surface area contributed by atoms with Crippen molar-refractivity contribution in [1.82, 2.24) is 20.9 Å². The molecular formula is C20H24N4O3. The first-order chi connectivity index (χ1) is 13.1. The summed E-state index contributed by atoms with van der Waals surface area (Å²) in [5, 5.41) is 9.40. The van der Waals surface area contributed by atoms with Crippen LogP contribution in [0.4, 0.5) is 0 Å². The number of carbonyl (C=O) groups is 3. The zero-order valence-corrected chi connectivity index (χ0v) is 15.2. The Bertz CT molecular complexity index is 823. The van der Waals surface area contributed by atoms with Gasteiger partial charge in [-0.05, 0) is 55.0 Å². The normalized spacial score (nSPS) is 31.7. The summed E-state index contributed by atoms with van der Waals surface area (Å²) in [6.07, 6.45) is 2.00. The summed E-state index contributed by atoms with van der Waals surface area (Å²) in [6.45, 7) is 3.28. The van der Waals surface area contributed by atoms with Crippen molar-refractivity contribution in [2.45, 2.75) is 44.4 Å². The number of fused-ring (bicyclic) bond motifs is 2. The summed E-state index contributed by atoms with van der Waals surface area (Å²) in [7, 11) is 0. The Labute approximate surface area is 157 Å². The quantitative estimate of drug-likeness (QED) is 0.644. The number of carbonyl (C=O) groups excluding carboxylic acids is 3. The van der Waals surface area contributed by atoms with Gasteiger partial charge in [0.1, 0.15) is 6.04 Å². The van der Waals surface area contributed by atoms with Gasteiger partial charge in [0, 0.05) is 31.1 Å². The molecule has 3 N–H and O–H groups in total. The van der Waals surface area contributed by atoms with E-state index in [1.165, 1.54) is 6.42 Å². The van der Waals surface area contributed by atoms with E-state index in [0.717, 1.165) is 42.7 Å². The van der Waals surface area contributed by atoms with Crippen LogP contribution in [0.15, 0.2) is 18.2 Å². The molecule has 7 heteroatoms. The minimum atomic E-state index is -0.550. The van der Waals surface area contributed by atoms with Gasteiger partial charge in [0.15, 0.2) is 0 Å². The third-order valence-corrected chi connectivity index (χ3v) is 6.42. The average Bonchev–Trinajstić information content (AvgIpc) is 3.22.